The molecule has 0 atom stereocenters. The van der Waals surface area contributed by atoms with E-state index in [-0.39, 0.29) is 11.1 Å². The Morgan fingerprint density at radius 3 is 2.44 bits per heavy atom. The van der Waals surface area contributed by atoms with Gasteiger partial charge in [-0.3, -0.25) is 4.99 Å². The zero-order valence-electron chi connectivity index (χ0n) is 15.7. The van der Waals surface area contributed by atoms with E-state index in [0.29, 0.717) is 0 Å². The first-order valence-electron chi connectivity index (χ1n) is 9.01. The van der Waals surface area contributed by atoms with Crippen LogP contribution in [0, 0.1) is 0 Å². The van der Waals surface area contributed by atoms with Crippen LogP contribution in [0.4, 0.5) is 5.69 Å². The van der Waals surface area contributed by atoms with E-state index in [2.05, 4.69) is 69.4 Å². The number of rotatable bonds is 2. The SMILES string of the molecule is CNc1cc2c(c3c1OC(C)(C)C3)C(c1ccccc1)=NC(C)(C)C2. The van der Waals surface area contributed by atoms with Crippen molar-refractivity contribution in [1.29, 1.82) is 0 Å². The molecule has 3 nitrogen and oxygen atoms in total. The van der Waals surface area contributed by atoms with Gasteiger partial charge in [-0.05, 0) is 45.7 Å². The van der Waals surface area contributed by atoms with Gasteiger partial charge in [-0.15, -0.1) is 0 Å². The predicted molar refractivity (Wildman–Crippen MR) is 104 cm³/mol. The Morgan fingerprint density at radius 1 is 1.04 bits per heavy atom. The number of benzene rings is 2. The molecule has 3 heteroatoms. The fourth-order valence-electron chi connectivity index (χ4n) is 4.09. The van der Waals surface area contributed by atoms with E-state index in [9.17, 15) is 0 Å². The van der Waals surface area contributed by atoms with E-state index in [1.807, 2.05) is 7.05 Å². The van der Waals surface area contributed by atoms with Crippen molar-refractivity contribution in [1.82, 2.24) is 0 Å². The lowest BCUT2D eigenvalue weighted by molar-refractivity contribution is 0.139. The topological polar surface area (TPSA) is 33.6 Å². The summed E-state index contributed by atoms with van der Waals surface area (Å²) in [5.74, 6) is 0.995. The van der Waals surface area contributed by atoms with E-state index in [0.717, 1.165) is 30.0 Å². The van der Waals surface area contributed by atoms with Gasteiger partial charge >= 0.3 is 0 Å². The Hall–Kier alpha value is -2.29. The van der Waals surface area contributed by atoms with E-state index >= 15 is 0 Å². The van der Waals surface area contributed by atoms with Crippen LogP contribution in [0.2, 0.25) is 0 Å². The van der Waals surface area contributed by atoms with Crippen molar-refractivity contribution in [2.24, 2.45) is 4.99 Å². The van der Waals surface area contributed by atoms with Gasteiger partial charge in [0, 0.05) is 30.2 Å². The van der Waals surface area contributed by atoms with Crippen molar-refractivity contribution >= 4 is 11.4 Å². The molecule has 0 amide bonds. The number of anilines is 1. The van der Waals surface area contributed by atoms with Crippen LogP contribution >= 0.6 is 0 Å². The summed E-state index contributed by atoms with van der Waals surface area (Å²) in [7, 11) is 1.97. The Labute approximate surface area is 150 Å². The molecule has 0 aromatic heterocycles. The maximum absolute atomic E-state index is 6.30. The fraction of sp³-hybridized carbons (Fsp3) is 0.409. The van der Waals surface area contributed by atoms with Gasteiger partial charge in [-0.1, -0.05) is 30.3 Å². The molecule has 0 spiro atoms. The van der Waals surface area contributed by atoms with Crippen LogP contribution in [0.3, 0.4) is 0 Å². The molecule has 2 aromatic rings. The highest BCUT2D eigenvalue weighted by atomic mass is 16.5. The van der Waals surface area contributed by atoms with Gasteiger partial charge in [0.2, 0.25) is 0 Å². The number of aliphatic imine (C=N–C) groups is 1. The highest BCUT2D eigenvalue weighted by molar-refractivity contribution is 6.16. The second-order valence-electron chi connectivity index (χ2n) is 8.37. The van der Waals surface area contributed by atoms with Gasteiger partial charge in [-0.2, -0.15) is 0 Å². The second kappa shape index (κ2) is 5.35. The van der Waals surface area contributed by atoms with Crippen molar-refractivity contribution < 1.29 is 4.74 Å². The van der Waals surface area contributed by atoms with Crippen LogP contribution < -0.4 is 10.1 Å². The Bertz CT molecular complexity index is 863. The molecule has 0 saturated heterocycles. The third-order valence-corrected chi connectivity index (χ3v) is 5.03. The van der Waals surface area contributed by atoms with Gasteiger partial charge in [-0.25, -0.2) is 0 Å². The number of fused-ring (bicyclic) bond motifs is 3. The lowest BCUT2D eigenvalue weighted by Crippen LogP contribution is -2.30. The third-order valence-electron chi connectivity index (χ3n) is 5.03. The molecule has 0 fully saturated rings. The molecule has 0 radical (unpaired) electrons. The average Bonchev–Trinajstić information content (AvgIpc) is 2.88. The molecule has 0 saturated carbocycles. The van der Waals surface area contributed by atoms with E-state index in [4.69, 9.17) is 9.73 Å². The normalized spacial score (nSPS) is 19.5. The van der Waals surface area contributed by atoms with Gasteiger partial charge in [0.25, 0.3) is 0 Å². The highest BCUT2D eigenvalue weighted by Crippen LogP contribution is 2.46. The number of hydrogen-bond donors (Lipinski definition) is 1. The van der Waals surface area contributed by atoms with Gasteiger partial charge in [0.15, 0.2) is 0 Å². The summed E-state index contributed by atoms with van der Waals surface area (Å²) in [6.45, 7) is 8.74. The van der Waals surface area contributed by atoms with Crippen molar-refractivity contribution in [3.63, 3.8) is 0 Å². The summed E-state index contributed by atoms with van der Waals surface area (Å²) in [4.78, 5) is 5.15. The summed E-state index contributed by atoms with van der Waals surface area (Å²) in [5, 5.41) is 3.33. The molecule has 4 rings (SSSR count). The van der Waals surface area contributed by atoms with Crippen molar-refractivity contribution in [3.8, 4) is 5.75 Å². The van der Waals surface area contributed by atoms with Crippen LogP contribution in [0.25, 0.3) is 0 Å². The molecule has 0 aliphatic carbocycles. The van der Waals surface area contributed by atoms with Gasteiger partial charge in [0.1, 0.15) is 11.4 Å². The largest absolute Gasteiger partial charge is 0.485 e. The smallest absolute Gasteiger partial charge is 0.147 e. The average molecular weight is 334 g/mol. The maximum Gasteiger partial charge on any atom is 0.147 e. The predicted octanol–water partition coefficient (Wildman–Crippen LogP) is 4.61. The minimum absolute atomic E-state index is 0.105. The van der Waals surface area contributed by atoms with Crippen molar-refractivity contribution in [2.45, 2.75) is 51.7 Å². The number of nitrogens with one attached hydrogen (secondary N) is 1. The van der Waals surface area contributed by atoms with Crippen LogP contribution in [0.5, 0.6) is 5.75 Å². The highest BCUT2D eigenvalue weighted by Gasteiger charge is 2.39. The zero-order valence-corrected chi connectivity index (χ0v) is 15.7. The van der Waals surface area contributed by atoms with Crippen molar-refractivity contribution in [2.75, 3.05) is 12.4 Å². The summed E-state index contributed by atoms with van der Waals surface area (Å²) in [5.41, 5.74) is 7.03. The minimum atomic E-state index is -0.183. The van der Waals surface area contributed by atoms with Crippen molar-refractivity contribution in [3.05, 3.63) is 58.7 Å². The zero-order chi connectivity index (χ0) is 17.8. The summed E-state index contributed by atoms with van der Waals surface area (Å²) in [6, 6.07) is 12.8. The van der Waals surface area contributed by atoms with E-state index < -0.39 is 0 Å². The number of ether oxygens (including phenoxy) is 1. The fourth-order valence-corrected chi connectivity index (χ4v) is 4.09. The maximum atomic E-state index is 6.30. The molecule has 2 aliphatic rings. The minimum Gasteiger partial charge on any atom is -0.485 e. The lowest BCUT2D eigenvalue weighted by atomic mass is 9.81. The number of hydrogen-bond acceptors (Lipinski definition) is 3. The molecule has 2 heterocycles. The molecule has 0 bridgehead atoms. The molecule has 130 valence electrons. The van der Waals surface area contributed by atoms with E-state index in [1.54, 1.807) is 0 Å². The van der Waals surface area contributed by atoms with Crippen LogP contribution in [-0.2, 0) is 12.8 Å². The summed E-state index contributed by atoms with van der Waals surface area (Å²) < 4.78 is 6.30. The molecular weight excluding hydrogens is 308 g/mol. The van der Waals surface area contributed by atoms with Gasteiger partial charge < -0.3 is 10.1 Å². The summed E-state index contributed by atoms with van der Waals surface area (Å²) in [6.07, 6.45) is 1.85. The quantitative estimate of drug-likeness (QED) is 0.870. The Morgan fingerprint density at radius 2 is 1.76 bits per heavy atom. The first-order valence-corrected chi connectivity index (χ1v) is 9.01. The monoisotopic (exact) mass is 334 g/mol. The first-order chi connectivity index (χ1) is 11.8. The molecule has 2 aliphatic heterocycles. The van der Waals surface area contributed by atoms with Crippen LogP contribution in [0.15, 0.2) is 41.4 Å². The summed E-state index contributed by atoms with van der Waals surface area (Å²) >= 11 is 0. The first kappa shape index (κ1) is 16.2. The molecule has 0 unspecified atom stereocenters. The number of nitrogens with zero attached hydrogens (tertiary/aromatic N) is 1. The van der Waals surface area contributed by atoms with Gasteiger partial charge in [0.05, 0.1) is 16.9 Å². The molecule has 2 aromatic carbocycles. The molecule has 1 N–H and O–H groups in total. The van der Waals surface area contributed by atoms with Crippen LogP contribution in [-0.4, -0.2) is 23.9 Å². The standard InChI is InChI=1S/C22H26N2O/c1-21(2)12-15-11-17(23-5)20-16(13-22(3,4)25-20)18(15)19(24-21)14-9-7-6-8-10-14/h6-11,23H,12-13H2,1-5H3. The second-order valence-corrected chi connectivity index (χ2v) is 8.37. The van der Waals surface area contributed by atoms with E-state index in [1.165, 1.54) is 22.3 Å². The molecular formula is C22H26N2O. The third kappa shape index (κ3) is 2.72. The Kier molecular flexibility index (Phi) is 3.47. The molecule has 25 heavy (non-hydrogen) atoms. The lowest BCUT2D eigenvalue weighted by Gasteiger charge is -2.31. The Balaban J connectivity index is 2.00. The van der Waals surface area contributed by atoms with Crippen LogP contribution in [0.1, 0.15) is 49.9 Å².